The van der Waals surface area contributed by atoms with Crippen LogP contribution in [0.1, 0.15) is 74.8 Å². The lowest BCUT2D eigenvalue weighted by molar-refractivity contribution is -0.105. The molecule has 1 aliphatic rings. The number of nitrogens with zero attached hydrogens (tertiary/aromatic N) is 10. The van der Waals surface area contributed by atoms with E-state index < -0.39 is 55.7 Å². The van der Waals surface area contributed by atoms with Crippen molar-refractivity contribution >= 4 is 47.1 Å². The molecule has 7 rings (SSSR count). The minimum absolute atomic E-state index is 0.120. The fraction of sp³-hybridized carbons (Fsp3) is 0.548. The number of benzene rings is 2. The van der Waals surface area contributed by atoms with Crippen LogP contribution in [0.15, 0.2) is 67.1 Å². The molecule has 1 aliphatic heterocycles. The molecule has 5 atom stereocenters. The second-order valence-corrected chi connectivity index (χ2v) is 34.8. The number of ether oxygens (including phenoxy) is 1. The van der Waals surface area contributed by atoms with Crippen molar-refractivity contribution in [1.82, 2.24) is 49.5 Å². The Morgan fingerprint density at radius 2 is 1.32 bits per heavy atom. The highest BCUT2D eigenvalue weighted by Crippen LogP contribution is 2.50. The van der Waals surface area contributed by atoms with Crippen molar-refractivity contribution < 1.29 is 23.1 Å². The standard InChI is InChI=1S/C42H62N10O5Si3/c1-40(2,3)58(10,11)55-32-33(38(57-60(14,15)42(7,8)9)52-30-24-20-19-23-28(30)46-49-52)54-37(34(32)56-59(12,13)41(4,5)6)50-26-43-31-35(50)44-39(45-36(31)53)51-25-29(47-48-51)27-21-17-16-18-22-27/h16-26,32-34,37-38H,1-15H3,(H,44,45,53)/t32-,33+,34-,37-,38?/m1/s1. The summed E-state index contributed by atoms with van der Waals surface area (Å²) in [7, 11) is -7.66. The second kappa shape index (κ2) is 15.3. The van der Waals surface area contributed by atoms with Gasteiger partial charge in [-0.2, -0.15) is 14.6 Å². The van der Waals surface area contributed by atoms with E-state index in [9.17, 15) is 5.11 Å². The Labute approximate surface area is 356 Å². The fourth-order valence-electron chi connectivity index (χ4n) is 6.50. The van der Waals surface area contributed by atoms with Gasteiger partial charge >= 0.3 is 0 Å². The largest absolute Gasteiger partial charge is 0.492 e. The molecule has 60 heavy (non-hydrogen) atoms. The number of fused-ring (bicyclic) bond motifs is 2. The Balaban J connectivity index is 1.44. The van der Waals surface area contributed by atoms with Gasteiger partial charge in [-0.05, 0) is 66.5 Å². The van der Waals surface area contributed by atoms with E-state index in [1.165, 1.54) is 4.68 Å². The third-order valence-electron chi connectivity index (χ3n) is 13.3. The fourth-order valence-corrected chi connectivity index (χ4v) is 10.3. The molecule has 18 heteroatoms. The van der Waals surface area contributed by atoms with Crippen LogP contribution in [-0.4, -0.2) is 97.9 Å². The molecule has 1 N–H and O–H groups in total. The lowest BCUT2D eigenvalue weighted by Crippen LogP contribution is -2.55. The number of aromatic nitrogens is 10. The molecule has 0 bridgehead atoms. The predicted molar refractivity (Wildman–Crippen MR) is 240 cm³/mol. The summed E-state index contributed by atoms with van der Waals surface area (Å²) in [5, 5.41) is 29.0. The van der Waals surface area contributed by atoms with E-state index in [-0.39, 0.29) is 32.5 Å². The van der Waals surface area contributed by atoms with Crippen LogP contribution < -0.4 is 0 Å². The first-order chi connectivity index (χ1) is 27.8. The Morgan fingerprint density at radius 1 is 0.717 bits per heavy atom. The number of hydrogen-bond donors (Lipinski definition) is 1. The van der Waals surface area contributed by atoms with Crippen LogP contribution in [0.2, 0.25) is 54.4 Å². The Bertz CT molecular complexity index is 2470. The molecule has 1 saturated heterocycles. The van der Waals surface area contributed by atoms with E-state index in [0.29, 0.717) is 11.3 Å². The van der Waals surface area contributed by atoms with Crippen molar-refractivity contribution in [3.8, 4) is 23.1 Å². The van der Waals surface area contributed by atoms with Gasteiger partial charge in [0.25, 0.3) is 5.95 Å². The molecule has 0 aliphatic carbocycles. The Morgan fingerprint density at radius 3 is 1.95 bits per heavy atom. The highest BCUT2D eigenvalue weighted by Gasteiger charge is 2.58. The van der Waals surface area contributed by atoms with Crippen LogP contribution in [0.25, 0.3) is 39.4 Å². The molecular formula is C42H62N10O5Si3. The minimum Gasteiger partial charge on any atom is -0.492 e. The molecule has 0 radical (unpaired) electrons. The number of rotatable bonds is 11. The van der Waals surface area contributed by atoms with Gasteiger partial charge in [0, 0.05) is 5.56 Å². The van der Waals surface area contributed by atoms with E-state index in [0.717, 1.165) is 16.6 Å². The van der Waals surface area contributed by atoms with Crippen LogP contribution in [0, 0.1) is 0 Å². The van der Waals surface area contributed by atoms with E-state index in [1.54, 1.807) is 12.5 Å². The lowest BCUT2D eigenvalue weighted by atomic mass is 10.1. The average Bonchev–Trinajstić information content (AvgIpc) is 3.96. The van der Waals surface area contributed by atoms with Crippen molar-refractivity contribution in [2.24, 2.45) is 0 Å². The summed E-state index contributed by atoms with van der Waals surface area (Å²) in [5.41, 5.74) is 3.63. The molecule has 2 aromatic carbocycles. The average molecular weight is 871 g/mol. The zero-order valence-electron chi connectivity index (χ0n) is 37.8. The van der Waals surface area contributed by atoms with Gasteiger partial charge in [0.2, 0.25) is 5.88 Å². The van der Waals surface area contributed by atoms with Gasteiger partial charge in [0.15, 0.2) is 48.6 Å². The zero-order valence-corrected chi connectivity index (χ0v) is 40.8. The second-order valence-electron chi connectivity index (χ2n) is 20.6. The van der Waals surface area contributed by atoms with Gasteiger partial charge in [-0.1, -0.05) is 115 Å². The summed E-state index contributed by atoms with van der Waals surface area (Å²) in [6.07, 6.45) is -0.277. The zero-order chi connectivity index (χ0) is 43.8. The topological polar surface area (TPSA) is 162 Å². The number of para-hydroxylation sites is 1. The summed E-state index contributed by atoms with van der Waals surface area (Å²) in [6, 6.07) is 17.6. The monoisotopic (exact) mass is 870 g/mol. The van der Waals surface area contributed by atoms with Gasteiger partial charge in [0.1, 0.15) is 29.5 Å². The smallest absolute Gasteiger partial charge is 0.257 e. The molecular weight excluding hydrogens is 809 g/mol. The first-order valence-electron chi connectivity index (χ1n) is 20.7. The summed E-state index contributed by atoms with van der Waals surface area (Å²) in [5.74, 6) is -0.181. The normalized spacial score (nSPS) is 20.4. The van der Waals surface area contributed by atoms with Gasteiger partial charge in [0.05, 0.1) is 18.0 Å². The third kappa shape index (κ3) is 8.14. The quantitative estimate of drug-likeness (QED) is 0.123. The molecule has 6 aromatic rings. The number of aromatic hydroxyl groups is 1. The highest BCUT2D eigenvalue weighted by molar-refractivity contribution is 6.75. The predicted octanol–water partition coefficient (Wildman–Crippen LogP) is 9.42. The SMILES string of the molecule is CC(C)(C)[Si](C)(C)OC([C@H]1O[C@@H](n2cnc3c(O)nc(-n4cc(-c5ccccc5)nn4)nc32)[C@H](O[Si](C)(C)C(C)(C)C)[C@@H]1O[Si](C)(C)C(C)(C)C)n1nnc2ccccc21. The Kier molecular flexibility index (Phi) is 11.2. The Hall–Kier alpha value is -4.18. The van der Waals surface area contributed by atoms with E-state index in [2.05, 4.69) is 127 Å². The van der Waals surface area contributed by atoms with Crippen LogP contribution in [0.4, 0.5) is 0 Å². The van der Waals surface area contributed by atoms with Crippen molar-refractivity contribution in [2.45, 2.75) is 147 Å². The summed E-state index contributed by atoms with van der Waals surface area (Å²) < 4.78 is 35.2. The summed E-state index contributed by atoms with van der Waals surface area (Å²) >= 11 is 0. The van der Waals surface area contributed by atoms with Crippen molar-refractivity contribution in [1.29, 1.82) is 0 Å². The van der Waals surface area contributed by atoms with Crippen molar-refractivity contribution in [3.05, 3.63) is 67.1 Å². The van der Waals surface area contributed by atoms with Gasteiger partial charge in [-0.15, -0.1) is 10.2 Å². The van der Waals surface area contributed by atoms with E-state index in [4.69, 9.17) is 28.2 Å². The molecule has 1 unspecified atom stereocenters. The van der Waals surface area contributed by atoms with Crippen LogP contribution >= 0.6 is 0 Å². The summed E-state index contributed by atoms with van der Waals surface area (Å²) in [6.45, 7) is 33.5. The highest BCUT2D eigenvalue weighted by atomic mass is 28.4. The molecule has 15 nitrogen and oxygen atoms in total. The molecule has 322 valence electrons. The first-order valence-corrected chi connectivity index (χ1v) is 29.4. The first kappa shape index (κ1) is 43.9. The molecule has 0 amide bonds. The van der Waals surface area contributed by atoms with E-state index in [1.807, 2.05) is 63.8 Å². The minimum atomic E-state index is -2.56. The molecule has 0 spiro atoms. The number of imidazole rings is 1. The maximum absolute atomic E-state index is 11.4. The third-order valence-corrected chi connectivity index (χ3v) is 26.6. The summed E-state index contributed by atoms with van der Waals surface area (Å²) in [4.78, 5) is 14.0. The van der Waals surface area contributed by atoms with Gasteiger partial charge < -0.3 is 23.1 Å². The van der Waals surface area contributed by atoms with Gasteiger partial charge in [-0.3, -0.25) is 4.57 Å². The van der Waals surface area contributed by atoms with E-state index >= 15 is 0 Å². The van der Waals surface area contributed by atoms with Crippen LogP contribution in [-0.2, 0) is 18.0 Å². The molecule has 1 fully saturated rings. The molecule has 5 heterocycles. The van der Waals surface area contributed by atoms with Gasteiger partial charge in [-0.25, -0.2) is 9.67 Å². The number of hydrogen-bond acceptors (Lipinski definition) is 12. The molecule has 4 aromatic heterocycles. The van der Waals surface area contributed by atoms with Crippen LogP contribution in [0.3, 0.4) is 0 Å². The van der Waals surface area contributed by atoms with Crippen molar-refractivity contribution in [2.75, 3.05) is 0 Å². The van der Waals surface area contributed by atoms with Crippen molar-refractivity contribution in [3.63, 3.8) is 0 Å². The maximum atomic E-state index is 11.4. The molecule has 0 saturated carbocycles. The van der Waals surface area contributed by atoms with Crippen LogP contribution in [0.5, 0.6) is 5.88 Å². The maximum Gasteiger partial charge on any atom is 0.257 e. The lowest BCUT2D eigenvalue weighted by Gasteiger charge is -2.45.